The minimum Gasteiger partial charge on any atom is -0.337 e. The first-order chi connectivity index (χ1) is 10.6. The lowest BCUT2D eigenvalue weighted by Gasteiger charge is -2.25. The lowest BCUT2D eigenvalue weighted by molar-refractivity contribution is -0.138. The molecule has 0 saturated carbocycles. The molecule has 2 rings (SSSR count). The van der Waals surface area contributed by atoms with Gasteiger partial charge in [-0.3, -0.25) is 9.59 Å². The van der Waals surface area contributed by atoms with Gasteiger partial charge in [0.2, 0.25) is 11.8 Å². The van der Waals surface area contributed by atoms with Crippen LogP contribution in [0.1, 0.15) is 31.7 Å². The molecule has 2 amide bonds. The highest BCUT2D eigenvalue weighted by Crippen LogP contribution is 2.16. The Bertz CT molecular complexity index is 516. The van der Waals surface area contributed by atoms with E-state index in [-0.39, 0.29) is 18.4 Å². The summed E-state index contributed by atoms with van der Waals surface area (Å²) in [5.41, 5.74) is 1.13. The molecular weight excluding hydrogens is 296 g/mol. The second-order valence-corrected chi connectivity index (χ2v) is 6.46. The van der Waals surface area contributed by atoms with Crippen molar-refractivity contribution in [2.45, 2.75) is 37.6 Å². The number of carbonyl (C=O) groups is 2. The summed E-state index contributed by atoms with van der Waals surface area (Å²) in [7, 11) is 0. The second kappa shape index (κ2) is 8.22. The Morgan fingerprint density at radius 1 is 1.32 bits per heavy atom. The highest BCUT2D eigenvalue weighted by Gasteiger charge is 2.24. The van der Waals surface area contributed by atoms with Crippen LogP contribution >= 0.6 is 11.8 Å². The van der Waals surface area contributed by atoms with Gasteiger partial charge in [-0.1, -0.05) is 19.1 Å². The van der Waals surface area contributed by atoms with Crippen LogP contribution in [-0.2, 0) is 16.1 Å². The fraction of sp³-hybridized carbons (Fsp3) is 0.529. The molecule has 1 aromatic rings. The molecule has 22 heavy (non-hydrogen) atoms. The van der Waals surface area contributed by atoms with Crippen molar-refractivity contribution < 1.29 is 9.59 Å². The Morgan fingerprint density at radius 3 is 2.59 bits per heavy atom. The van der Waals surface area contributed by atoms with E-state index in [1.54, 1.807) is 16.7 Å². The predicted molar refractivity (Wildman–Crippen MR) is 89.7 cm³/mol. The van der Waals surface area contributed by atoms with Gasteiger partial charge in [0.05, 0.1) is 6.54 Å². The van der Waals surface area contributed by atoms with E-state index >= 15 is 0 Å². The van der Waals surface area contributed by atoms with Crippen LogP contribution in [0.15, 0.2) is 29.2 Å². The molecule has 5 heteroatoms. The second-order valence-electron chi connectivity index (χ2n) is 5.58. The van der Waals surface area contributed by atoms with Crippen LogP contribution in [0, 0.1) is 0 Å². The summed E-state index contributed by atoms with van der Waals surface area (Å²) in [6.45, 7) is 4.35. The molecule has 1 saturated heterocycles. The Balaban J connectivity index is 1.98. The number of benzene rings is 1. The summed E-state index contributed by atoms with van der Waals surface area (Å²) < 4.78 is 0. The minimum atomic E-state index is 0.0473. The van der Waals surface area contributed by atoms with Crippen LogP contribution in [-0.4, -0.2) is 47.5 Å². The lowest BCUT2D eigenvalue weighted by Crippen LogP contribution is -2.40. The van der Waals surface area contributed by atoms with Gasteiger partial charge in [0.25, 0.3) is 0 Å². The SMILES string of the molecule is CCCN(Cc1ccc(SC)cc1)C(=O)CN1CCCC1=O. The molecule has 0 radical (unpaired) electrons. The van der Waals surface area contributed by atoms with E-state index in [1.165, 1.54) is 4.90 Å². The normalized spacial score (nSPS) is 14.5. The van der Waals surface area contributed by atoms with Crippen molar-refractivity contribution in [3.8, 4) is 0 Å². The van der Waals surface area contributed by atoms with E-state index in [0.717, 1.165) is 24.9 Å². The largest absolute Gasteiger partial charge is 0.337 e. The maximum Gasteiger partial charge on any atom is 0.242 e. The van der Waals surface area contributed by atoms with Crippen molar-refractivity contribution in [1.29, 1.82) is 0 Å². The zero-order chi connectivity index (χ0) is 15.9. The van der Waals surface area contributed by atoms with E-state index in [0.29, 0.717) is 19.5 Å². The molecule has 0 aromatic heterocycles. The van der Waals surface area contributed by atoms with Crippen molar-refractivity contribution in [3.05, 3.63) is 29.8 Å². The van der Waals surface area contributed by atoms with Gasteiger partial charge in [0, 0.05) is 31.0 Å². The van der Waals surface area contributed by atoms with Crippen LogP contribution in [0.3, 0.4) is 0 Å². The van der Waals surface area contributed by atoms with Gasteiger partial charge in [0.1, 0.15) is 0 Å². The summed E-state index contributed by atoms with van der Waals surface area (Å²) in [4.78, 5) is 28.9. The van der Waals surface area contributed by atoms with Crippen LogP contribution < -0.4 is 0 Å². The van der Waals surface area contributed by atoms with E-state index in [4.69, 9.17) is 0 Å². The number of thioether (sulfide) groups is 1. The van der Waals surface area contributed by atoms with Crippen molar-refractivity contribution in [3.63, 3.8) is 0 Å². The zero-order valence-electron chi connectivity index (χ0n) is 13.4. The first-order valence-corrected chi connectivity index (χ1v) is 9.05. The van der Waals surface area contributed by atoms with Gasteiger partial charge < -0.3 is 9.80 Å². The third kappa shape index (κ3) is 4.50. The lowest BCUT2D eigenvalue weighted by atomic mass is 10.2. The minimum absolute atomic E-state index is 0.0473. The quantitative estimate of drug-likeness (QED) is 0.725. The smallest absolute Gasteiger partial charge is 0.242 e. The highest BCUT2D eigenvalue weighted by molar-refractivity contribution is 7.98. The van der Waals surface area contributed by atoms with Gasteiger partial charge in [-0.15, -0.1) is 11.8 Å². The molecule has 0 N–H and O–H groups in total. The molecule has 1 fully saturated rings. The standard InChI is InChI=1S/C17H24N2O2S/c1-3-10-18(12-14-6-8-15(22-2)9-7-14)17(21)13-19-11-4-5-16(19)20/h6-9H,3-5,10-13H2,1-2H3. The molecular formula is C17H24N2O2S. The third-order valence-corrected chi connectivity index (χ3v) is 4.62. The first-order valence-electron chi connectivity index (χ1n) is 7.82. The number of likely N-dealkylation sites (tertiary alicyclic amines) is 1. The molecule has 1 aromatic carbocycles. The fourth-order valence-electron chi connectivity index (χ4n) is 2.65. The average molecular weight is 320 g/mol. The Kier molecular flexibility index (Phi) is 6.31. The fourth-order valence-corrected chi connectivity index (χ4v) is 3.06. The van der Waals surface area contributed by atoms with Gasteiger partial charge >= 0.3 is 0 Å². The number of carbonyl (C=O) groups excluding carboxylic acids is 2. The van der Waals surface area contributed by atoms with Crippen LogP contribution in [0.25, 0.3) is 0 Å². The number of hydrogen-bond acceptors (Lipinski definition) is 3. The summed E-state index contributed by atoms with van der Waals surface area (Å²) in [6, 6.07) is 8.31. The molecule has 0 atom stereocenters. The number of nitrogens with zero attached hydrogens (tertiary/aromatic N) is 2. The summed E-state index contributed by atoms with van der Waals surface area (Å²) in [5, 5.41) is 0. The van der Waals surface area contributed by atoms with Gasteiger partial charge in [-0.2, -0.15) is 0 Å². The van der Waals surface area contributed by atoms with Crippen LogP contribution in [0.2, 0.25) is 0 Å². The maximum atomic E-state index is 12.5. The summed E-state index contributed by atoms with van der Waals surface area (Å²) in [5.74, 6) is 0.153. The monoisotopic (exact) mass is 320 g/mol. The van der Waals surface area contributed by atoms with E-state index < -0.39 is 0 Å². The Labute approximate surface area is 136 Å². The topological polar surface area (TPSA) is 40.6 Å². The number of amides is 2. The summed E-state index contributed by atoms with van der Waals surface area (Å²) >= 11 is 1.71. The van der Waals surface area contributed by atoms with Crippen molar-refractivity contribution in [1.82, 2.24) is 9.80 Å². The van der Waals surface area contributed by atoms with Crippen molar-refractivity contribution >= 4 is 23.6 Å². The van der Waals surface area contributed by atoms with Crippen LogP contribution in [0.5, 0.6) is 0 Å². The zero-order valence-corrected chi connectivity index (χ0v) is 14.2. The molecule has 120 valence electrons. The predicted octanol–water partition coefficient (Wildman–Crippen LogP) is 2.77. The van der Waals surface area contributed by atoms with Gasteiger partial charge in [-0.25, -0.2) is 0 Å². The van der Waals surface area contributed by atoms with Crippen molar-refractivity contribution in [2.75, 3.05) is 25.9 Å². The molecule has 0 bridgehead atoms. The Hall–Kier alpha value is -1.49. The van der Waals surface area contributed by atoms with Crippen molar-refractivity contribution in [2.24, 2.45) is 0 Å². The molecule has 0 spiro atoms. The van der Waals surface area contributed by atoms with E-state index in [2.05, 4.69) is 37.4 Å². The first kappa shape index (κ1) is 16.9. The molecule has 1 aliphatic heterocycles. The molecule has 1 heterocycles. The highest BCUT2D eigenvalue weighted by atomic mass is 32.2. The molecule has 0 unspecified atom stereocenters. The van der Waals surface area contributed by atoms with E-state index in [1.807, 2.05) is 4.90 Å². The molecule has 4 nitrogen and oxygen atoms in total. The Morgan fingerprint density at radius 2 is 2.05 bits per heavy atom. The van der Waals surface area contributed by atoms with Gasteiger partial charge in [-0.05, 0) is 36.8 Å². The third-order valence-electron chi connectivity index (χ3n) is 3.88. The van der Waals surface area contributed by atoms with E-state index in [9.17, 15) is 9.59 Å². The number of rotatable bonds is 7. The molecule has 1 aliphatic rings. The summed E-state index contributed by atoms with van der Waals surface area (Å²) in [6.07, 6.45) is 4.42. The number of hydrogen-bond donors (Lipinski definition) is 0. The average Bonchev–Trinajstić information content (AvgIpc) is 2.92. The van der Waals surface area contributed by atoms with Gasteiger partial charge in [0.15, 0.2) is 0 Å². The van der Waals surface area contributed by atoms with Crippen LogP contribution in [0.4, 0.5) is 0 Å². The molecule has 0 aliphatic carbocycles. The maximum absolute atomic E-state index is 12.5.